The van der Waals surface area contributed by atoms with E-state index in [-0.39, 0.29) is 67.1 Å². The molecule has 2 atom stereocenters. The molecule has 4 rings (SSSR count). The monoisotopic (exact) mass is 885 g/mol. The Morgan fingerprint density at radius 2 is 1.02 bits per heavy atom. The average Bonchev–Trinajstić information content (AvgIpc) is 3.13. The van der Waals surface area contributed by atoms with Crippen molar-refractivity contribution in [3.8, 4) is 0 Å². The summed E-state index contributed by atoms with van der Waals surface area (Å²) in [7, 11) is 8.33. The number of hydrogen-bond donors (Lipinski definition) is 1. The van der Waals surface area contributed by atoms with Gasteiger partial charge in [0.25, 0.3) is 0 Å². The van der Waals surface area contributed by atoms with Crippen molar-refractivity contribution >= 4 is 17.9 Å². The van der Waals surface area contributed by atoms with Crippen LogP contribution < -0.4 is 0 Å². The van der Waals surface area contributed by atoms with Crippen molar-refractivity contribution in [3.63, 3.8) is 0 Å². The second kappa shape index (κ2) is 18.9. The van der Waals surface area contributed by atoms with Crippen LogP contribution >= 0.6 is 0 Å². The Kier molecular flexibility index (Phi) is 15.9. The number of nitrogens with zero attached hydrogens (tertiary/aromatic N) is 4. The van der Waals surface area contributed by atoms with Crippen LogP contribution in [0.2, 0.25) is 0 Å². The maximum Gasteiger partial charge on any atom is 0.339 e. The number of aliphatic hydroxyl groups is 1. The highest BCUT2D eigenvalue weighted by molar-refractivity contribution is 6.06. The van der Waals surface area contributed by atoms with Crippen molar-refractivity contribution in [1.29, 1.82) is 0 Å². The summed E-state index contributed by atoms with van der Waals surface area (Å²) in [4.78, 5) is 53.4. The number of carbonyl (C=O) groups is 3. The molecule has 3 saturated heterocycles. The smallest absolute Gasteiger partial charge is 0.339 e. The van der Waals surface area contributed by atoms with Gasteiger partial charge in [-0.05, 0) is 163 Å². The molecule has 0 radical (unpaired) electrons. The fourth-order valence-electron chi connectivity index (χ4n) is 11.0. The number of benzene rings is 1. The fourth-order valence-corrected chi connectivity index (χ4v) is 11.0. The third-order valence-corrected chi connectivity index (χ3v) is 15.9. The van der Waals surface area contributed by atoms with Crippen LogP contribution in [0.3, 0.4) is 0 Å². The molecule has 3 fully saturated rings. The molecule has 1 N–H and O–H groups in total. The first kappa shape index (κ1) is 53.0. The minimum atomic E-state index is -1.63. The molecule has 1 aromatic rings. The van der Waals surface area contributed by atoms with Crippen LogP contribution in [0.15, 0.2) is 12.1 Å². The van der Waals surface area contributed by atoms with Crippen LogP contribution in [0.5, 0.6) is 0 Å². The summed E-state index contributed by atoms with van der Waals surface area (Å²) in [5.74, 6) is -2.17. The van der Waals surface area contributed by atoms with E-state index >= 15 is 0 Å². The molecule has 0 amide bonds. The number of hydrogen-bond acceptors (Lipinski definition) is 12. The zero-order valence-electron chi connectivity index (χ0n) is 43.2. The minimum absolute atomic E-state index is 0.0452. The van der Waals surface area contributed by atoms with Crippen molar-refractivity contribution in [1.82, 2.24) is 19.6 Å². The Labute approximate surface area is 382 Å². The van der Waals surface area contributed by atoms with Crippen LogP contribution in [0.1, 0.15) is 211 Å². The van der Waals surface area contributed by atoms with Crippen molar-refractivity contribution < 1.29 is 38.4 Å². The zero-order chi connectivity index (χ0) is 48.1. The number of aliphatic hydroxyl groups excluding tert-OH is 1. The number of piperidine rings is 3. The van der Waals surface area contributed by atoms with Crippen LogP contribution in [0, 0.1) is 0 Å². The third-order valence-electron chi connectivity index (χ3n) is 15.9. The van der Waals surface area contributed by atoms with E-state index in [9.17, 15) is 19.5 Å². The lowest BCUT2D eigenvalue weighted by Gasteiger charge is -2.53. The predicted molar refractivity (Wildman–Crippen MR) is 251 cm³/mol. The number of rotatable bonds is 15. The minimum Gasteiger partial charge on any atom is -0.459 e. The first-order chi connectivity index (χ1) is 28.6. The van der Waals surface area contributed by atoms with E-state index in [4.69, 9.17) is 18.9 Å². The maximum atomic E-state index is 14.8. The van der Waals surface area contributed by atoms with E-state index in [0.29, 0.717) is 51.4 Å². The quantitative estimate of drug-likeness (QED) is 0.103. The van der Waals surface area contributed by atoms with Gasteiger partial charge in [0.2, 0.25) is 0 Å². The van der Waals surface area contributed by atoms with E-state index in [1.54, 1.807) is 0 Å². The van der Waals surface area contributed by atoms with Gasteiger partial charge in [0.1, 0.15) is 18.3 Å². The Balaban J connectivity index is 1.89. The first-order valence-electron chi connectivity index (χ1n) is 23.7. The van der Waals surface area contributed by atoms with Gasteiger partial charge in [0.15, 0.2) is 6.29 Å². The topological polar surface area (TPSA) is 121 Å². The lowest BCUT2D eigenvalue weighted by Crippen LogP contribution is -2.60. The molecule has 0 aromatic heterocycles. The molecule has 0 saturated carbocycles. The first-order valence-corrected chi connectivity index (χ1v) is 23.7. The van der Waals surface area contributed by atoms with Gasteiger partial charge in [0.05, 0.1) is 22.8 Å². The second-order valence-electron chi connectivity index (χ2n) is 23.8. The second-order valence-corrected chi connectivity index (χ2v) is 23.8. The third kappa shape index (κ3) is 12.1. The van der Waals surface area contributed by atoms with Crippen LogP contribution in [0.25, 0.3) is 0 Å². The largest absolute Gasteiger partial charge is 0.459 e. The highest BCUT2D eigenvalue weighted by Crippen LogP contribution is 2.43. The van der Waals surface area contributed by atoms with Gasteiger partial charge in [-0.3, -0.25) is 14.7 Å². The molecular weight excluding hydrogens is 797 g/mol. The van der Waals surface area contributed by atoms with Crippen LogP contribution in [-0.4, -0.2) is 141 Å². The van der Waals surface area contributed by atoms with E-state index < -0.39 is 42.5 Å². The summed E-state index contributed by atoms with van der Waals surface area (Å²) in [5.41, 5.74) is -2.13. The fraction of sp³-hybridized carbons (Fsp3) is 0.824. The summed E-state index contributed by atoms with van der Waals surface area (Å²) < 4.78 is 25.6. The predicted octanol–water partition coefficient (Wildman–Crippen LogP) is 9.41. The van der Waals surface area contributed by atoms with E-state index in [0.717, 1.165) is 13.0 Å². The number of ether oxygens (including phenoxy) is 4. The number of likely N-dealkylation sites (tertiary alicyclic amines) is 3. The average molecular weight is 885 g/mol. The Morgan fingerprint density at radius 3 is 1.38 bits per heavy atom. The lowest BCUT2D eigenvalue weighted by atomic mass is 9.78. The summed E-state index contributed by atoms with van der Waals surface area (Å²) >= 11 is 0. The molecule has 12 nitrogen and oxygen atoms in total. The normalized spacial score (nSPS) is 24.2. The molecular formula is C51H88N4O8. The van der Waals surface area contributed by atoms with Gasteiger partial charge < -0.3 is 29.0 Å². The number of carbonyl (C=O) groups excluding carboxylic acids is 3. The van der Waals surface area contributed by atoms with Gasteiger partial charge >= 0.3 is 17.9 Å². The van der Waals surface area contributed by atoms with Crippen molar-refractivity contribution in [2.75, 3.05) is 34.7 Å². The Bertz CT molecular complexity index is 1750. The van der Waals surface area contributed by atoms with Gasteiger partial charge in [0, 0.05) is 76.4 Å². The lowest BCUT2D eigenvalue weighted by molar-refractivity contribution is -0.181. The summed E-state index contributed by atoms with van der Waals surface area (Å²) in [6.07, 6.45) is 2.07. The molecule has 2 unspecified atom stereocenters. The maximum absolute atomic E-state index is 14.8. The standard InChI is InChI=1S/C51H88N4O8/c1-21-23-33(26-45(3,4)52(17)22-2)60-41(56)37-24-39(43(58)62-35-29-48(9,10)54(19)49(11,12)30-35)40(44(59)63-36-31-50(13,14)55(20)51(15,16)32-36)25-38(37)42(57)61-34-27-46(5,6)53(18)47(7,8)28-34/h24-25,33-36,42,57H,21-23,26-32H2,1-20H3. The summed E-state index contributed by atoms with van der Waals surface area (Å²) in [5, 5.41) is 12.2. The highest BCUT2D eigenvalue weighted by atomic mass is 16.6. The van der Waals surface area contributed by atoms with Gasteiger partial charge in [-0.25, -0.2) is 14.4 Å². The summed E-state index contributed by atoms with van der Waals surface area (Å²) in [6, 6.07) is 2.80. The van der Waals surface area contributed by atoms with Gasteiger partial charge in [-0.1, -0.05) is 20.3 Å². The Hall–Kier alpha value is -2.61. The van der Waals surface area contributed by atoms with Crippen LogP contribution in [-0.2, 0) is 18.9 Å². The van der Waals surface area contributed by atoms with Gasteiger partial charge in [-0.2, -0.15) is 0 Å². The summed E-state index contributed by atoms with van der Waals surface area (Å²) in [6.45, 7) is 34.9. The zero-order valence-corrected chi connectivity index (χ0v) is 43.2. The molecule has 0 aliphatic carbocycles. The molecule has 360 valence electrons. The van der Waals surface area contributed by atoms with Crippen LogP contribution in [0.4, 0.5) is 0 Å². The van der Waals surface area contributed by atoms with Crippen molar-refractivity contribution in [2.45, 2.75) is 238 Å². The molecule has 3 aliphatic heterocycles. The van der Waals surface area contributed by atoms with E-state index in [1.807, 2.05) is 0 Å². The molecule has 12 heteroatoms. The SMILES string of the molecule is CCCC(CC(C)(C)N(C)CC)OC(=O)c1cc(C(=O)OC2CC(C)(C)N(C)C(C)(C)C2)c(C(=O)OC2CC(C)(C)N(C)C(C)(C)C2)cc1C(O)OC1CC(C)(C)N(C)C(C)(C)C1. The van der Waals surface area contributed by atoms with Crippen molar-refractivity contribution in [3.05, 3.63) is 34.4 Å². The Morgan fingerprint density at radius 1 is 0.651 bits per heavy atom. The highest BCUT2D eigenvalue weighted by Gasteiger charge is 2.48. The molecule has 3 heterocycles. The molecule has 0 bridgehead atoms. The molecule has 63 heavy (non-hydrogen) atoms. The number of esters is 3. The van der Waals surface area contributed by atoms with Gasteiger partial charge in [-0.15, -0.1) is 0 Å². The van der Waals surface area contributed by atoms with E-state index in [2.05, 4.69) is 159 Å². The molecule has 1 aromatic carbocycles. The molecule has 3 aliphatic rings. The molecule has 0 spiro atoms. The van der Waals surface area contributed by atoms with Crippen molar-refractivity contribution in [2.24, 2.45) is 0 Å². The van der Waals surface area contributed by atoms with E-state index in [1.165, 1.54) is 12.1 Å².